The van der Waals surface area contributed by atoms with Crippen LogP contribution in [0.4, 0.5) is 5.69 Å². The molecule has 0 heterocycles. The van der Waals surface area contributed by atoms with E-state index in [-0.39, 0.29) is 29.9 Å². The Bertz CT molecular complexity index is 1400. The second kappa shape index (κ2) is 13.1. The highest BCUT2D eigenvalue weighted by molar-refractivity contribution is 7.92. The van der Waals surface area contributed by atoms with Crippen molar-refractivity contribution in [2.75, 3.05) is 17.5 Å². The Morgan fingerprint density at radius 1 is 0.974 bits per heavy atom. The zero-order valence-electron chi connectivity index (χ0n) is 23.2. The molecule has 9 heteroatoms. The highest BCUT2D eigenvalue weighted by atomic mass is 32.2. The van der Waals surface area contributed by atoms with Crippen LogP contribution in [0.1, 0.15) is 52.0 Å². The van der Waals surface area contributed by atoms with Crippen LogP contribution in [0.25, 0.3) is 0 Å². The van der Waals surface area contributed by atoms with Gasteiger partial charge in [0.1, 0.15) is 5.75 Å². The molecule has 3 aromatic carbocycles. The molecule has 0 aromatic heterocycles. The molecule has 0 spiro atoms. The zero-order chi connectivity index (χ0) is 28.7. The first-order chi connectivity index (χ1) is 18.3. The van der Waals surface area contributed by atoms with Gasteiger partial charge in [0, 0.05) is 19.1 Å². The third-order valence-electron chi connectivity index (χ3n) is 6.56. The van der Waals surface area contributed by atoms with E-state index >= 15 is 0 Å². The number of phenols is 1. The number of aryl methyl sites for hydroxylation is 3. The highest BCUT2D eigenvalue weighted by Gasteiger charge is 2.15. The molecule has 5 N–H and O–H groups in total. The van der Waals surface area contributed by atoms with Crippen LogP contribution in [-0.2, 0) is 34.2 Å². The van der Waals surface area contributed by atoms with E-state index in [1.54, 1.807) is 6.07 Å². The van der Waals surface area contributed by atoms with Crippen molar-refractivity contribution in [2.24, 2.45) is 0 Å². The Kier molecular flexibility index (Phi) is 10.1. The fourth-order valence-electron chi connectivity index (χ4n) is 4.69. The van der Waals surface area contributed by atoms with Gasteiger partial charge in [0.15, 0.2) is 0 Å². The summed E-state index contributed by atoms with van der Waals surface area (Å²) >= 11 is 0. The number of carbonyl (C=O) groups excluding carboxylic acids is 1. The lowest BCUT2D eigenvalue weighted by Gasteiger charge is -2.19. The molecule has 210 valence electrons. The average molecular weight is 554 g/mol. The number of sulfonamides is 1. The quantitative estimate of drug-likeness (QED) is 0.217. The second-order valence-corrected chi connectivity index (χ2v) is 12.1. The van der Waals surface area contributed by atoms with E-state index in [1.807, 2.05) is 31.2 Å². The normalized spacial score (nSPS) is 13.1. The Labute approximate surface area is 231 Å². The maximum absolute atomic E-state index is 12.6. The number of carbonyl (C=O) groups is 1. The first kappa shape index (κ1) is 30.1. The fraction of sp³-hybridized carbons (Fsp3) is 0.367. The van der Waals surface area contributed by atoms with E-state index in [2.05, 4.69) is 48.3 Å². The lowest BCUT2D eigenvalue weighted by atomic mass is 9.99. The minimum atomic E-state index is -3.57. The average Bonchev–Trinajstić information content (AvgIpc) is 2.82. The van der Waals surface area contributed by atoms with Crippen molar-refractivity contribution in [3.05, 3.63) is 93.5 Å². The number of aliphatic hydroxyl groups is 1. The Balaban J connectivity index is 1.52. The number of nitrogens with one attached hydrogen (secondary N) is 3. The largest absolute Gasteiger partial charge is 0.506 e. The maximum Gasteiger partial charge on any atom is 0.229 e. The minimum Gasteiger partial charge on any atom is -0.506 e. The Morgan fingerprint density at radius 3 is 2.31 bits per heavy atom. The molecule has 3 rings (SSSR count). The molecule has 0 saturated heterocycles. The molecule has 1 amide bonds. The van der Waals surface area contributed by atoms with Gasteiger partial charge in [-0.25, -0.2) is 8.42 Å². The van der Waals surface area contributed by atoms with Crippen LogP contribution in [0.15, 0.2) is 54.6 Å². The number of benzene rings is 3. The van der Waals surface area contributed by atoms with Gasteiger partial charge in [0.25, 0.3) is 0 Å². The first-order valence-electron chi connectivity index (χ1n) is 12.9. The zero-order valence-corrected chi connectivity index (χ0v) is 24.0. The first-order valence-corrected chi connectivity index (χ1v) is 14.8. The van der Waals surface area contributed by atoms with E-state index in [0.29, 0.717) is 24.9 Å². The van der Waals surface area contributed by atoms with Crippen LogP contribution in [0.2, 0.25) is 0 Å². The molecule has 0 aliphatic rings. The standard InChI is InChI=1S/C30H39N3O5S/c1-19-11-20(2)26(21(3)12-19)17-32-30(36)15-24-8-6-7-23(14-24)13-22(4)31-18-29(35)25-9-10-28(34)27(16-25)33-39(5,37)38/h6-12,14,16,22,29,31,33-35H,13,15,17-18H2,1-5H3,(H,32,36)/t22-,29+/m1/s1. The summed E-state index contributed by atoms with van der Waals surface area (Å²) in [4.78, 5) is 12.6. The van der Waals surface area contributed by atoms with Crippen LogP contribution >= 0.6 is 0 Å². The summed E-state index contributed by atoms with van der Waals surface area (Å²) in [7, 11) is -3.57. The summed E-state index contributed by atoms with van der Waals surface area (Å²) in [6, 6.07) is 16.5. The molecule has 3 aromatic rings. The van der Waals surface area contributed by atoms with Crippen molar-refractivity contribution in [3.8, 4) is 5.75 Å². The molecular formula is C30H39N3O5S. The number of amides is 1. The molecule has 2 atom stereocenters. The fourth-order valence-corrected chi connectivity index (χ4v) is 5.25. The summed E-state index contributed by atoms with van der Waals surface area (Å²) < 4.78 is 25.3. The molecule has 0 bridgehead atoms. The molecule has 0 aliphatic heterocycles. The summed E-state index contributed by atoms with van der Waals surface area (Å²) in [6.45, 7) is 8.96. The molecular weight excluding hydrogens is 514 g/mol. The van der Waals surface area contributed by atoms with Crippen molar-refractivity contribution in [3.63, 3.8) is 0 Å². The van der Waals surface area contributed by atoms with Crippen molar-refractivity contribution < 1.29 is 23.4 Å². The van der Waals surface area contributed by atoms with Crippen LogP contribution in [0.5, 0.6) is 5.75 Å². The van der Waals surface area contributed by atoms with Gasteiger partial charge in [-0.1, -0.05) is 48.0 Å². The number of aliphatic hydroxyl groups excluding tert-OH is 1. The predicted octanol–water partition coefficient (Wildman–Crippen LogP) is 3.80. The summed E-state index contributed by atoms with van der Waals surface area (Å²) in [5.74, 6) is -0.244. The molecule has 0 fully saturated rings. The van der Waals surface area contributed by atoms with E-state index in [1.165, 1.54) is 28.8 Å². The van der Waals surface area contributed by atoms with Gasteiger partial charge in [-0.15, -0.1) is 0 Å². The van der Waals surface area contributed by atoms with E-state index in [0.717, 1.165) is 22.9 Å². The van der Waals surface area contributed by atoms with Crippen LogP contribution < -0.4 is 15.4 Å². The van der Waals surface area contributed by atoms with Gasteiger partial charge in [-0.3, -0.25) is 9.52 Å². The van der Waals surface area contributed by atoms with Gasteiger partial charge >= 0.3 is 0 Å². The molecule has 0 radical (unpaired) electrons. The van der Waals surface area contributed by atoms with Crippen molar-refractivity contribution in [1.82, 2.24) is 10.6 Å². The minimum absolute atomic E-state index is 0.0204. The predicted molar refractivity (Wildman–Crippen MR) is 155 cm³/mol. The molecule has 0 unspecified atom stereocenters. The van der Waals surface area contributed by atoms with Crippen molar-refractivity contribution in [1.29, 1.82) is 0 Å². The highest BCUT2D eigenvalue weighted by Crippen LogP contribution is 2.27. The Morgan fingerprint density at radius 2 is 1.64 bits per heavy atom. The summed E-state index contributed by atoms with van der Waals surface area (Å²) in [5.41, 5.74) is 7.23. The Hall–Kier alpha value is -3.40. The monoisotopic (exact) mass is 553 g/mol. The van der Waals surface area contributed by atoms with Crippen LogP contribution in [-0.4, -0.2) is 43.4 Å². The number of aromatic hydroxyl groups is 1. The number of phenolic OH excluding ortho intramolecular Hbond substituents is 1. The number of hydrogen-bond acceptors (Lipinski definition) is 6. The van der Waals surface area contributed by atoms with E-state index in [9.17, 15) is 23.4 Å². The van der Waals surface area contributed by atoms with Crippen LogP contribution in [0.3, 0.4) is 0 Å². The van der Waals surface area contributed by atoms with Gasteiger partial charge < -0.3 is 20.8 Å². The third-order valence-corrected chi connectivity index (χ3v) is 7.15. The smallest absolute Gasteiger partial charge is 0.229 e. The SMILES string of the molecule is Cc1cc(C)c(CNC(=O)Cc2cccc(C[C@@H](C)NC[C@H](O)c3ccc(O)c(NS(C)(=O)=O)c3)c2)c(C)c1. The lowest BCUT2D eigenvalue weighted by molar-refractivity contribution is -0.120. The second-order valence-electron chi connectivity index (χ2n) is 10.3. The summed E-state index contributed by atoms with van der Waals surface area (Å²) in [6.07, 6.45) is 1.08. The number of rotatable bonds is 12. The van der Waals surface area contributed by atoms with Gasteiger partial charge in [0.05, 0.1) is 24.5 Å². The molecule has 39 heavy (non-hydrogen) atoms. The number of hydrogen-bond donors (Lipinski definition) is 5. The van der Waals surface area contributed by atoms with Crippen molar-refractivity contribution in [2.45, 2.75) is 59.2 Å². The third kappa shape index (κ3) is 9.38. The van der Waals surface area contributed by atoms with Crippen molar-refractivity contribution >= 4 is 21.6 Å². The topological polar surface area (TPSA) is 128 Å². The lowest BCUT2D eigenvalue weighted by Crippen LogP contribution is -2.32. The number of anilines is 1. The molecule has 8 nitrogen and oxygen atoms in total. The van der Waals surface area contributed by atoms with Crippen LogP contribution in [0, 0.1) is 20.8 Å². The molecule has 0 aliphatic carbocycles. The van der Waals surface area contributed by atoms with Gasteiger partial charge in [-0.05, 0) is 79.6 Å². The van der Waals surface area contributed by atoms with Gasteiger partial charge in [0.2, 0.25) is 15.9 Å². The summed E-state index contributed by atoms with van der Waals surface area (Å²) in [5, 5.41) is 26.8. The maximum atomic E-state index is 12.6. The van der Waals surface area contributed by atoms with E-state index < -0.39 is 16.1 Å². The molecule has 0 saturated carbocycles. The van der Waals surface area contributed by atoms with Gasteiger partial charge in [-0.2, -0.15) is 0 Å². The van der Waals surface area contributed by atoms with E-state index in [4.69, 9.17) is 0 Å².